The van der Waals surface area contributed by atoms with E-state index in [1.807, 2.05) is 18.2 Å². The van der Waals surface area contributed by atoms with Gasteiger partial charge in [-0.25, -0.2) is 0 Å². The summed E-state index contributed by atoms with van der Waals surface area (Å²) in [6.07, 6.45) is 16.5. The lowest BCUT2D eigenvalue weighted by molar-refractivity contribution is -0.123. The fourth-order valence-electron chi connectivity index (χ4n) is 5.22. The molecule has 1 saturated carbocycles. The number of ether oxygens (including phenoxy) is 2. The number of benzene rings is 1. The van der Waals surface area contributed by atoms with Crippen LogP contribution in [0, 0.1) is 5.92 Å². The molecule has 3 rings (SSSR count). The SMILES string of the molecule is CCCCCCCCCC(=O)NC(CC1CCCCCC1)[C@@H](O)c1ccc2c(c1)OCCO2. The number of hydrogen-bond acceptors (Lipinski definition) is 4. The molecule has 0 spiro atoms. The molecule has 0 radical (unpaired) electrons. The van der Waals surface area contributed by atoms with Gasteiger partial charge in [0.1, 0.15) is 13.2 Å². The Hall–Kier alpha value is -1.75. The zero-order chi connectivity index (χ0) is 23.3. The molecular weight excluding hydrogens is 414 g/mol. The molecule has 2 N–H and O–H groups in total. The summed E-state index contributed by atoms with van der Waals surface area (Å²) in [5, 5.41) is 14.5. The Morgan fingerprint density at radius 2 is 1.64 bits per heavy atom. The standard InChI is InChI=1S/C28H45NO4/c1-2-3-4-5-6-7-12-15-27(30)29-24(20-22-13-10-8-9-11-14-22)28(31)23-16-17-25-26(21-23)33-19-18-32-25/h16-17,21-22,24,28,31H,2-15,18-20H2,1H3,(H,29,30)/t24?,28-/m0/s1. The molecule has 0 aromatic heterocycles. The lowest BCUT2D eigenvalue weighted by Crippen LogP contribution is -2.40. The molecule has 1 aromatic rings. The minimum atomic E-state index is -0.748. The van der Waals surface area contributed by atoms with E-state index < -0.39 is 6.10 Å². The largest absolute Gasteiger partial charge is 0.486 e. The minimum absolute atomic E-state index is 0.0683. The molecule has 1 aromatic carbocycles. The maximum absolute atomic E-state index is 12.8. The second-order valence-electron chi connectivity index (χ2n) is 9.99. The van der Waals surface area contributed by atoms with Gasteiger partial charge in [0, 0.05) is 6.42 Å². The first-order chi connectivity index (χ1) is 16.2. The van der Waals surface area contributed by atoms with Crippen molar-refractivity contribution >= 4 is 5.91 Å². The van der Waals surface area contributed by atoms with Crippen molar-refractivity contribution in [1.82, 2.24) is 5.32 Å². The van der Waals surface area contributed by atoms with Crippen LogP contribution in [0.4, 0.5) is 0 Å². The molecule has 1 fully saturated rings. The number of aliphatic hydroxyl groups excluding tert-OH is 1. The minimum Gasteiger partial charge on any atom is -0.486 e. The second-order valence-corrected chi connectivity index (χ2v) is 9.99. The van der Waals surface area contributed by atoms with E-state index in [4.69, 9.17) is 9.47 Å². The summed E-state index contributed by atoms with van der Waals surface area (Å²) in [6.45, 7) is 3.30. The molecule has 1 heterocycles. The second kappa shape index (κ2) is 14.5. The van der Waals surface area contributed by atoms with Gasteiger partial charge in [0.15, 0.2) is 11.5 Å². The molecule has 2 aliphatic rings. The Kier molecular flexibility index (Phi) is 11.4. The van der Waals surface area contributed by atoms with Gasteiger partial charge in [-0.05, 0) is 36.5 Å². The summed E-state index contributed by atoms with van der Waals surface area (Å²) >= 11 is 0. The van der Waals surface area contributed by atoms with Gasteiger partial charge in [0.2, 0.25) is 5.91 Å². The van der Waals surface area contributed by atoms with Crippen LogP contribution in [-0.4, -0.2) is 30.3 Å². The van der Waals surface area contributed by atoms with E-state index in [0.717, 1.165) is 30.6 Å². The van der Waals surface area contributed by atoms with Crippen LogP contribution in [0.25, 0.3) is 0 Å². The summed E-state index contributed by atoms with van der Waals surface area (Å²) < 4.78 is 11.3. The van der Waals surface area contributed by atoms with Crippen LogP contribution in [0.3, 0.4) is 0 Å². The maximum atomic E-state index is 12.8. The molecule has 1 unspecified atom stereocenters. The summed E-state index contributed by atoms with van der Waals surface area (Å²) in [4.78, 5) is 12.8. The zero-order valence-electron chi connectivity index (χ0n) is 20.7. The van der Waals surface area contributed by atoms with Crippen LogP contribution in [-0.2, 0) is 4.79 Å². The van der Waals surface area contributed by atoms with Gasteiger partial charge < -0.3 is 19.9 Å². The lowest BCUT2D eigenvalue weighted by Gasteiger charge is -2.29. The van der Waals surface area contributed by atoms with Crippen LogP contribution < -0.4 is 14.8 Å². The monoisotopic (exact) mass is 459 g/mol. The number of carbonyl (C=O) groups is 1. The highest BCUT2D eigenvalue weighted by atomic mass is 16.6. The molecule has 186 valence electrons. The summed E-state index contributed by atoms with van der Waals surface area (Å²) in [6, 6.07) is 5.38. The quantitative estimate of drug-likeness (QED) is 0.262. The first kappa shape index (κ1) is 25.9. The Bertz CT molecular complexity index is 699. The number of fused-ring (bicyclic) bond motifs is 1. The van der Waals surface area contributed by atoms with E-state index in [9.17, 15) is 9.90 Å². The summed E-state index contributed by atoms with van der Waals surface area (Å²) in [5.74, 6) is 2.03. The van der Waals surface area contributed by atoms with E-state index in [-0.39, 0.29) is 11.9 Å². The van der Waals surface area contributed by atoms with Crippen molar-refractivity contribution in [2.24, 2.45) is 5.92 Å². The Morgan fingerprint density at radius 1 is 0.970 bits per heavy atom. The zero-order valence-corrected chi connectivity index (χ0v) is 20.7. The van der Waals surface area contributed by atoms with E-state index in [1.165, 1.54) is 70.6 Å². The molecule has 1 amide bonds. The number of hydrogen-bond donors (Lipinski definition) is 2. The van der Waals surface area contributed by atoms with Crippen molar-refractivity contribution in [3.05, 3.63) is 23.8 Å². The highest BCUT2D eigenvalue weighted by molar-refractivity contribution is 5.76. The molecule has 33 heavy (non-hydrogen) atoms. The van der Waals surface area contributed by atoms with Crippen LogP contribution in [0.2, 0.25) is 0 Å². The molecular formula is C28H45NO4. The molecule has 5 nitrogen and oxygen atoms in total. The van der Waals surface area contributed by atoms with Crippen LogP contribution in [0.1, 0.15) is 115 Å². The fraction of sp³-hybridized carbons (Fsp3) is 0.750. The molecule has 0 saturated heterocycles. The van der Waals surface area contributed by atoms with Crippen molar-refractivity contribution in [3.8, 4) is 11.5 Å². The van der Waals surface area contributed by atoms with E-state index in [0.29, 0.717) is 31.3 Å². The molecule has 1 aliphatic carbocycles. The topological polar surface area (TPSA) is 67.8 Å². The Balaban J connectivity index is 1.57. The number of carbonyl (C=O) groups excluding carboxylic acids is 1. The number of amides is 1. The highest BCUT2D eigenvalue weighted by Crippen LogP contribution is 2.35. The predicted molar refractivity (Wildman–Crippen MR) is 133 cm³/mol. The summed E-state index contributed by atoms with van der Waals surface area (Å²) in [7, 11) is 0. The molecule has 0 bridgehead atoms. The normalized spacial score (nSPS) is 18.4. The van der Waals surface area contributed by atoms with Crippen molar-refractivity contribution in [2.45, 2.75) is 115 Å². The van der Waals surface area contributed by atoms with Gasteiger partial charge in [-0.3, -0.25) is 4.79 Å². The van der Waals surface area contributed by atoms with E-state index in [2.05, 4.69) is 12.2 Å². The van der Waals surface area contributed by atoms with Crippen molar-refractivity contribution in [2.75, 3.05) is 13.2 Å². The Morgan fingerprint density at radius 3 is 2.36 bits per heavy atom. The smallest absolute Gasteiger partial charge is 0.220 e. The van der Waals surface area contributed by atoms with E-state index >= 15 is 0 Å². The lowest BCUT2D eigenvalue weighted by atomic mass is 9.88. The van der Waals surface area contributed by atoms with E-state index in [1.54, 1.807) is 0 Å². The molecule has 5 heteroatoms. The van der Waals surface area contributed by atoms with Crippen LogP contribution >= 0.6 is 0 Å². The first-order valence-electron chi connectivity index (χ1n) is 13.5. The van der Waals surface area contributed by atoms with Crippen molar-refractivity contribution < 1.29 is 19.4 Å². The van der Waals surface area contributed by atoms with Gasteiger partial charge in [-0.2, -0.15) is 0 Å². The number of aliphatic hydroxyl groups is 1. The van der Waals surface area contributed by atoms with Gasteiger partial charge in [0.05, 0.1) is 12.1 Å². The van der Waals surface area contributed by atoms with Crippen LogP contribution in [0.15, 0.2) is 18.2 Å². The van der Waals surface area contributed by atoms with Gasteiger partial charge in [-0.15, -0.1) is 0 Å². The molecule has 1 aliphatic heterocycles. The number of unbranched alkanes of at least 4 members (excludes halogenated alkanes) is 6. The van der Waals surface area contributed by atoms with Gasteiger partial charge in [-0.1, -0.05) is 90.0 Å². The average molecular weight is 460 g/mol. The first-order valence-corrected chi connectivity index (χ1v) is 13.5. The third-order valence-corrected chi connectivity index (χ3v) is 7.20. The third-order valence-electron chi connectivity index (χ3n) is 7.20. The average Bonchev–Trinajstić information content (AvgIpc) is 3.11. The Labute approximate surface area is 200 Å². The van der Waals surface area contributed by atoms with Gasteiger partial charge in [0.25, 0.3) is 0 Å². The third kappa shape index (κ3) is 8.84. The predicted octanol–water partition coefficient (Wildman–Crippen LogP) is 6.48. The van der Waals surface area contributed by atoms with Gasteiger partial charge >= 0.3 is 0 Å². The van der Waals surface area contributed by atoms with Crippen LogP contribution in [0.5, 0.6) is 11.5 Å². The maximum Gasteiger partial charge on any atom is 0.220 e. The number of nitrogens with one attached hydrogen (secondary N) is 1. The van der Waals surface area contributed by atoms with Crippen molar-refractivity contribution in [1.29, 1.82) is 0 Å². The summed E-state index contributed by atoms with van der Waals surface area (Å²) in [5.41, 5.74) is 0.786. The highest BCUT2D eigenvalue weighted by Gasteiger charge is 2.28. The number of rotatable bonds is 13. The fourth-order valence-corrected chi connectivity index (χ4v) is 5.22. The van der Waals surface area contributed by atoms with Crippen molar-refractivity contribution in [3.63, 3.8) is 0 Å². The molecule has 2 atom stereocenters.